The van der Waals surface area contributed by atoms with Gasteiger partial charge in [-0.05, 0) is 63.4 Å². The zero-order chi connectivity index (χ0) is 17.9. The van der Waals surface area contributed by atoms with Crippen LogP contribution in [0.5, 0.6) is 0 Å². The van der Waals surface area contributed by atoms with Gasteiger partial charge in [0.15, 0.2) is 5.96 Å². The maximum Gasteiger partial charge on any atom is 0.191 e. The highest BCUT2D eigenvalue weighted by molar-refractivity contribution is 7.10. The molecule has 1 aromatic rings. The van der Waals surface area contributed by atoms with Gasteiger partial charge in [-0.2, -0.15) is 0 Å². The van der Waals surface area contributed by atoms with Crippen LogP contribution in [0.4, 0.5) is 0 Å². The molecule has 0 aliphatic carbocycles. The monoisotopic (exact) mass is 365 g/mol. The van der Waals surface area contributed by atoms with Gasteiger partial charge in [-0.3, -0.25) is 9.89 Å². The first-order valence-electron chi connectivity index (χ1n) is 9.72. The Bertz CT molecular complexity index is 478. The Labute approximate surface area is 157 Å². The summed E-state index contributed by atoms with van der Waals surface area (Å²) >= 11 is 1.86. The predicted octanol–water partition coefficient (Wildman–Crippen LogP) is 2.78. The van der Waals surface area contributed by atoms with E-state index in [0.717, 1.165) is 45.1 Å². The van der Waals surface area contributed by atoms with Gasteiger partial charge in [0.2, 0.25) is 0 Å². The molecule has 1 atom stereocenters. The second-order valence-corrected chi connectivity index (χ2v) is 7.51. The highest BCUT2D eigenvalue weighted by atomic mass is 32.1. The molecular weight excluding hydrogens is 330 g/mol. The number of rotatable bonds is 10. The molecule has 5 nitrogen and oxygen atoms in total. The van der Waals surface area contributed by atoms with Crippen LogP contribution in [0.2, 0.25) is 0 Å². The van der Waals surface area contributed by atoms with Gasteiger partial charge >= 0.3 is 0 Å². The maximum absolute atomic E-state index is 4.39. The molecule has 6 heteroatoms. The molecule has 2 heterocycles. The highest BCUT2D eigenvalue weighted by Gasteiger charge is 2.24. The van der Waals surface area contributed by atoms with Gasteiger partial charge in [0.05, 0.1) is 6.04 Å². The fourth-order valence-electron chi connectivity index (χ4n) is 3.41. The van der Waals surface area contributed by atoms with E-state index in [2.05, 4.69) is 56.8 Å². The van der Waals surface area contributed by atoms with E-state index in [9.17, 15) is 0 Å². The summed E-state index contributed by atoms with van der Waals surface area (Å²) in [6.45, 7) is 12.1. The topological polar surface area (TPSA) is 42.9 Å². The van der Waals surface area contributed by atoms with Gasteiger partial charge in [0, 0.05) is 25.0 Å². The summed E-state index contributed by atoms with van der Waals surface area (Å²) in [6, 6.07) is 4.87. The Morgan fingerprint density at radius 3 is 2.64 bits per heavy atom. The molecule has 0 saturated carbocycles. The van der Waals surface area contributed by atoms with E-state index in [4.69, 9.17) is 0 Å². The smallest absolute Gasteiger partial charge is 0.191 e. The number of thiophene rings is 1. The molecule has 0 amide bonds. The van der Waals surface area contributed by atoms with Gasteiger partial charge in [-0.1, -0.05) is 19.9 Å². The molecule has 1 aliphatic rings. The third-order valence-corrected chi connectivity index (χ3v) is 5.95. The highest BCUT2D eigenvalue weighted by Crippen LogP contribution is 2.27. The molecule has 1 aliphatic heterocycles. The number of guanidine groups is 1. The Morgan fingerprint density at radius 2 is 2.04 bits per heavy atom. The molecule has 0 bridgehead atoms. The van der Waals surface area contributed by atoms with E-state index in [-0.39, 0.29) is 0 Å². The van der Waals surface area contributed by atoms with E-state index in [1.54, 1.807) is 0 Å². The first kappa shape index (κ1) is 20.2. The van der Waals surface area contributed by atoms with Crippen molar-refractivity contribution in [3.05, 3.63) is 22.4 Å². The van der Waals surface area contributed by atoms with Crippen molar-refractivity contribution >= 4 is 17.3 Å². The van der Waals surface area contributed by atoms with Gasteiger partial charge in [0.1, 0.15) is 0 Å². The lowest BCUT2D eigenvalue weighted by Gasteiger charge is -2.27. The van der Waals surface area contributed by atoms with E-state index in [1.165, 1.54) is 30.8 Å². The normalized spacial score (nSPS) is 17.2. The second-order valence-electron chi connectivity index (χ2n) is 6.53. The lowest BCUT2D eigenvalue weighted by atomic mass is 10.2. The summed E-state index contributed by atoms with van der Waals surface area (Å²) in [5, 5.41) is 9.18. The molecule has 0 radical (unpaired) electrons. The molecule has 2 rings (SSSR count). The zero-order valence-corrected chi connectivity index (χ0v) is 16.9. The Hall–Kier alpha value is -1.11. The van der Waals surface area contributed by atoms with Crippen LogP contribution in [0.25, 0.3) is 0 Å². The van der Waals surface area contributed by atoms with Gasteiger partial charge in [-0.25, -0.2) is 0 Å². The summed E-state index contributed by atoms with van der Waals surface area (Å²) in [5.74, 6) is 0.917. The third kappa shape index (κ3) is 6.60. The predicted molar refractivity (Wildman–Crippen MR) is 110 cm³/mol. The molecule has 0 aromatic carbocycles. The molecule has 2 N–H and O–H groups in total. The number of nitrogens with one attached hydrogen (secondary N) is 2. The summed E-state index contributed by atoms with van der Waals surface area (Å²) in [6.07, 6.45) is 3.78. The SMILES string of the molecule is CCN(CC)CCCNC(=NC)NCC(c1cccs1)N1CCCC1. The molecule has 25 heavy (non-hydrogen) atoms. The summed E-state index contributed by atoms with van der Waals surface area (Å²) < 4.78 is 0. The van der Waals surface area contributed by atoms with Crippen LogP contribution >= 0.6 is 11.3 Å². The molecule has 1 aromatic heterocycles. The minimum Gasteiger partial charge on any atom is -0.356 e. The van der Waals surface area contributed by atoms with Gasteiger partial charge in [-0.15, -0.1) is 11.3 Å². The van der Waals surface area contributed by atoms with Crippen LogP contribution < -0.4 is 10.6 Å². The Morgan fingerprint density at radius 1 is 1.28 bits per heavy atom. The van der Waals surface area contributed by atoms with Crippen molar-refractivity contribution in [2.75, 3.05) is 52.9 Å². The van der Waals surface area contributed by atoms with Crippen molar-refractivity contribution in [1.29, 1.82) is 0 Å². The van der Waals surface area contributed by atoms with Crippen molar-refractivity contribution in [2.45, 2.75) is 39.2 Å². The van der Waals surface area contributed by atoms with Crippen LogP contribution in [-0.2, 0) is 0 Å². The summed E-state index contributed by atoms with van der Waals surface area (Å²) in [7, 11) is 1.86. The van der Waals surface area contributed by atoms with E-state index >= 15 is 0 Å². The fraction of sp³-hybridized carbons (Fsp3) is 0.737. The molecule has 1 fully saturated rings. The molecule has 0 spiro atoms. The quantitative estimate of drug-likeness (QED) is 0.380. The largest absolute Gasteiger partial charge is 0.356 e. The Kier molecular flexibility index (Phi) is 9.29. The molecule has 142 valence electrons. The van der Waals surface area contributed by atoms with Gasteiger partial charge < -0.3 is 15.5 Å². The lowest BCUT2D eigenvalue weighted by Crippen LogP contribution is -2.43. The van der Waals surface area contributed by atoms with Crippen molar-refractivity contribution in [3.63, 3.8) is 0 Å². The third-order valence-electron chi connectivity index (χ3n) is 4.98. The van der Waals surface area contributed by atoms with E-state index in [1.807, 2.05) is 18.4 Å². The minimum absolute atomic E-state index is 0.455. The van der Waals surface area contributed by atoms with E-state index in [0.29, 0.717) is 6.04 Å². The van der Waals surface area contributed by atoms with Crippen molar-refractivity contribution in [3.8, 4) is 0 Å². The molecule has 1 saturated heterocycles. The summed E-state index contributed by atoms with van der Waals surface area (Å²) in [5.41, 5.74) is 0. The minimum atomic E-state index is 0.455. The van der Waals surface area contributed by atoms with Crippen molar-refractivity contribution in [2.24, 2.45) is 4.99 Å². The lowest BCUT2D eigenvalue weighted by molar-refractivity contribution is 0.249. The number of likely N-dealkylation sites (tertiary alicyclic amines) is 1. The number of hydrogen-bond donors (Lipinski definition) is 2. The first-order valence-corrected chi connectivity index (χ1v) is 10.6. The van der Waals surface area contributed by atoms with Crippen LogP contribution in [0, 0.1) is 0 Å². The van der Waals surface area contributed by atoms with Crippen LogP contribution in [0.1, 0.15) is 44.0 Å². The summed E-state index contributed by atoms with van der Waals surface area (Å²) in [4.78, 5) is 10.9. The maximum atomic E-state index is 4.39. The van der Waals surface area contributed by atoms with Crippen molar-refractivity contribution in [1.82, 2.24) is 20.4 Å². The van der Waals surface area contributed by atoms with E-state index < -0.39 is 0 Å². The van der Waals surface area contributed by atoms with Crippen molar-refractivity contribution < 1.29 is 0 Å². The zero-order valence-electron chi connectivity index (χ0n) is 16.1. The van der Waals surface area contributed by atoms with Crippen LogP contribution in [0.15, 0.2) is 22.5 Å². The first-order chi connectivity index (χ1) is 12.3. The van der Waals surface area contributed by atoms with Crippen LogP contribution in [-0.4, -0.2) is 68.6 Å². The number of nitrogens with zero attached hydrogens (tertiary/aromatic N) is 3. The second kappa shape index (κ2) is 11.5. The molecule has 1 unspecified atom stereocenters. The Balaban J connectivity index is 1.77. The average Bonchev–Trinajstić information content (AvgIpc) is 3.34. The van der Waals surface area contributed by atoms with Crippen LogP contribution in [0.3, 0.4) is 0 Å². The number of aliphatic imine (C=N–C) groups is 1. The number of hydrogen-bond acceptors (Lipinski definition) is 4. The molecular formula is C19H35N5S. The van der Waals surface area contributed by atoms with Gasteiger partial charge in [0.25, 0.3) is 0 Å². The standard InChI is InChI=1S/C19H35N5S/c1-4-23(5-2)12-9-11-21-19(20-3)22-16-17(18-10-8-15-25-18)24-13-6-7-14-24/h8,10,15,17H,4-7,9,11-14,16H2,1-3H3,(H2,20,21,22). The average molecular weight is 366 g/mol. The fourth-order valence-corrected chi connectivity index (χ4v) is 4.27.